The van der Waals surface area contributed by atoms with Crippen LogP contribution < -0.4 is 10.6 Å². The molecule has 1 fully saturated rings. The fourth-order valence-corrected chi connectivity index (χ4v) is 3.42. The molecular formula is C18H21Cl2N3O2. The maximum Gasteiger partial charge on any atom is 0.220 e. The van der Waals surface area contributed by atoms with Gasteiger partial charge in [0.15, 0.2) is 11.7 Å². The van der Waals surface area contributed by atoms with E-state index in [9.17, 15) is 4.79 Å². The van der Waals surface area contributed by atoms with E-state index in [1.165, 1.54) is 0 Å². The highest BCUT2D eigenvalue weighted by atomic mass is 35.5. The molecule has 5 nitrogen and oxygen atoms in total. The number of hydrogen-bond donors (Lipinski definition) is 2. The fraction of sp³-hybridized carbons (Fsp3) is 0.444. The molecule has 0 bridgehead atoms. The van der Waals surface area contributed by atoms with E-state index in [0.29, 0.717) is 40.5 Å². The molecule has 134 valence electrons. The maximum absolute atomic E-state index is 12.2. The van der Waals surface area contributed by atoms with Gasteiger partial charge in [0.25, 0.3) is 0 Å². The second-order valence-electron chi connectivity index (χ2n) is 6.39. The zero-order valence-electron chi connectivity index (χ0n) is 14.0. The number of rotatable bonds is 5. The molecule has 1 aliphatic rings. The number of piperidine rings is 1. The smallest absolute Gasteiger partial charge is 0.220 e. The van der Waals surface area contributed by atoms with E-state index in [-0.39, 0.29) is 11.9 Å². The molecule has 3 rings (SSSR count). The van der Waals surface area contributed by atoms with Crippen molar-refractivity contribution in [1.82, 2.24) is 15.6 Å². The first-order valence-corrected chi connectivity index (χ1v) is 9.18. The van der Waals surface area contributed by atoms with Gasteiger partial charge in [0, 0.05) is 36.0 Å². The van der Waals surface area contributed by atoms with Crippen LogP contribution in [0.2, 0.25) is 10.0 Å². The predicted molar refractivity (Wildman–Crippen MR) is 98.9 cm³/mol. The Hall–Kier alpha value is -1.56. The van der Waals surface area contributed by atoms with Crippen LogP contribution in [0, 0.1) is 5.92 Å². The van der Waals surface area contributed by atoms with Gasteiger partial charge in [-0.15, -0.1) is 0 Å². The van der Waals surface area contributed by atoms with E-state index in [0.717, 1.165) is 25.1 Å². The van der Waals surface area contributed by atoms with Gasteiger partial charge in [0.2, 0.25) is 5.91 Å². The molecule has 25 heavy (non-hydrogen) atoms. The summed E-state index contributed by atoms with van der Waals surface area (Å²) in [6, 6.07) is 5.39. The van der Waals surface area contributed by atoms with Crippen LogP contribution in [0.3, 0.4) is 0 Å². The van der Waals surface area contributed by atoms with Crippen molar-refractivity contribution in [2.24, 2.45) is 5.92 Å². The van der Waals surface area contributed by atoms with E-state index in [2.05, 4.69) is 22.5 Å². The number of nitrogens with one attached hydrogen (secondary N) is 2. The number of oxazole rings is 1. The lowest BCUT2D eigenvalue weighted by molar-refractivity contribution is -0.122. The van der Waals surface area contributed by atoms with Gasteiger partial charge in [-0.2, -0.15) is 0 Å². The molecule has 1 aromatic carbocycles. The quantitative estimate of drug-likeness (QED) is 0.828. The number of nitrogens with zero attached hydrogens (tertiary/aromatic N) is 1. The predicted octanol–water partition coefficient (Wildman–Crippen LogP) is 3.70. The topological polar surface area (TPSA) is 67.2 Å². The molecule has 0 saturated carbocycles. The van der Waals surface area contributed by atoms with Crippen molar-refractivity contribution >= 4 is 29.1 Å². The Morgan fingerprint density at radius 3 is 3.04 bits per heavy atom. The summed E-state index contributed by atoms with van der Waals surface area (Å²) in [5, 5.41) is 7.47. The van der Waals surface area contributed by atoms with E-state index in [4.69, 9.17) is 27.6 Å². The maximum atomic E-state index is 12.2. The Morgan fingerprint density at radius 2 is 2.28 bits per heavy atom. The minimum absolute atomic E-state index is 0.0184. The van der Waals surface area contributed by atoms with Crippen molar-refractivity contribution in [2.45, 2.75) is 32.2 Å². The highest BCUT2D eigenvalue weighted by molar-refractivity contribution is 6.36. The first kappa shape index (κ1) is 18.2. The zero-order chi connectivity index (χ0) is 17.8. The fourth-order valence-electron chi connectivity index (χ4n) is 2.92. The SMILES string of the molecule is CC1CCNCC1NC(=O)CCc1ncc(-c2ccc(Cl)cc2Cl)o1. The lowest BCUT2D eigenvalue weighted by Gasteiger charge is -2.30. The van der Waals surface area contributed by atoms with E-state index in [1.54, 1.807) is 24.4 Å². The molecule has 2 N–H and O–H groups in total. The summed E-state index contributed by atoms with van der Waals surface area (Å²) in [7, 11) is 0. The zero-order valence-corrected chi connectivity index (χ0v) is 15.5. The summed E-state index contributed by atoms with van der Waals surface area (Å²) < 4.78 is 5.72. The van der Waals surface area contributed by atoms with Crippen LogP contribution in [0.1, 0.15) is 25.7 Å². The van der Waals surface area contributed by atoms with Crippen molar-refractivity contribution in [3.05, 3.63) is 40.3 Å². The van der Waals surface area contributed by atoms with Gasteiger partial charge in [0.1, 0.15) is 0 Å². The van der Waals surface area contributed by atoms with Crippen LogP contribution in [-0.2, 0) is 11.2 Å². The van der Waals surface area contributed by atoms with Crippen LogP contribution in [-0.4, -0.2) is 30.0 Å². The van der Waals surface area contributed by atoms with Crippen LogP contribution in [0.25, 0.3) is 11.3 Å². The molecule has 2 atom stereocenters. The molecule has 1 aromatic heterocycles. The highest BCUT2D eigenvalue weighted by Gasteiger charge is 2.22. The van der Waals surface area contributed by atoms with Gasteiger partial charge in [-0.25, -0.2) is 4.98 Å². The number of benzene rings is 1. The first-order valence-electron chi connectivity index (χ1n) is 8.43. The second-order valence-corrected chi connectivity index (χ2v) is 7.23. The van der Waals surface area contributed by atoms with Crippen molar-refractivity contribution in [2.75, 3.05) is 13.1 Å². The van der Waals surface area contributed by atoms with Crippen LogP contribution in [0.5, 0.6) is 0 Å². The molecule has 2 unspecified atom stereocenters. The van der Waals surface area contributed by atoms with Gasteiger partial charge in [-0.3, -0.25) is 4.79 Å². The molecule has 7 heteroatoms. The Labute approximate surface area is 157 Å². The van der Waals surface area contributed by atoms with Gasteiger partial charge in [-0.05, 0) is 37.1 Å². The van der Waals surface area contributed by atoms with Crippen LogP contribution in [0.4, 0.5) is 0 Å². The lowest BCUT2D eigenvalue weighted by atomic mass is 9.95. The molecule has 2 aromatic rings. The normalized spacial score (nSPS) is 20.4. The summed E-state index contributed by atoms with van der Waals surface area (Å²) in [6.07, 6.45) is 3.49. The second kappa shape index (κ2) is 8.21. The number of aromatic nitrogens is 1. The highest BCUT2D eigenvalue weighted by Crippen LogP contribution is 2.30. The summed E-state index contributed by atoms with van der Waals surface area (Å²) >= 11 is 12.1. The Kier molecular flexibility index (Phi) is 5.99. The number of carbonyl (C=O) groups excluding carboxylic acids is 1. The molecule has 1 saturated heterocycles. The van der Waals surface area contributed by atoms with Gasteiger partial charge in [-0.1, -0.05) is 30.1 Å². The number of amides is 1. The van der Waals surface area contributed by atoms with Gasteiger partial charge < -0.3 is 15.1 Å². The molecule has 0 spiro atoms. The molecule has 0 radical (unpaired) electrons. The molecular weight excluding hydrogens is 361 g/mol. The Morgan fingerprint density at radius 1 is 1.44 bits per heavy atom. The van der Waals surface area contributed by atoms with Crippen LogP contribution >= 0.6 is 23.2 Å². The average molecular weight is 382 g/mol. The standard InChI is InChI=1S/C18H21Cl2N3O2/c1-11-6-7-21-9-15(11)23-17(24)4-5-18-22-10-16(25-18)13-3-2-12(19)8-14(13)20/h2-3,8,10-11,15,21H,4-7,9H2,1H3,(H,23,24). The third kappa shape index (κ3) is 4.75. The summed E-state index contributed by atoms with van der Waals surface area (Å²) in [6.45, 7) is 4.01. The Bertz CT molecular complexity index is 748. The number of carbonyl (C=O) groups is 1. The third-order valence-electron chi connectivity index (χ3n) is 4.49. The van der Waals surface area contributed by atoms with E-state index in [1.807, 2.05) is 0 Å². The first-order chi connectivity index (χ1) is 12.0. The van der Waals surface area contributed by atoms with Crippen molar-refractivity contribution < 1.29 is 9.21 Å². The molecule has 2 heterocycles. The number of aryl methyl sites for hydroxylation is 1. The lowest BCUT2D eigenvalue weighted by Crippen LogP contribution is -2.50. The molecule has 0 aliphatic carbocycles. The summed E-state index contributed by atoms with van der Waals surface area (Å²) in [4.78, 5) is 16.4. The largest absolute Gasteiger partial charge is 0.441 e. The molecule has 1 aliphatic heterocycles. The molecule has 1 amide bonds. The summed E-state index contributed by atoms with van der Waals surface area (Å²) in [5.41, 5.74) is 0.733. The number of hydrogen-bond acceptors (Lipinski definition) is 4. The third-order valence-corrected chi connectivity index (χ3v) is 5.04. The van der Waals surface area contributed by atoms with Gasteiger partial charge >= 0.3 is 0 Å². The minimum Gasteiger partial charge on any atom is -0.441 e. The average Bonchev–Trinajstić information content (AvgIpc) is 3.04. The van der Waals surface area contributed by atoms with E-state index >= 15 is 0 Å². The summed E-state index contributed by atoms with van der Waals surface area (Å²) in [5.74, 6) is 1.60. The van der Waals surface area contributed by atoms with Crippen LogP contribution in [0.15, 0.2) is 28.8 Å². The van der Waals surface area contributed by atoms with Crippen molar-refractivity contribution in [1.29, 1.82) is 0 Å². The monoisotopic (exact) mass is 381 g/mol. The van der Waals surface area contributed by atoms with E-state index < -0.39 is 0 Å². The number of halogens is 2. The Balaban J connectivity index is 1.55. The van der Waals surface area contributed by atoms with Crippen molar-refractivity contribution in [3.63, 3.8) is 0 Å². The van der Waals surface area contributed by atoms with Crippen molar-refractivity contribution in [3.8, 4) is 11.3 Å². The van der Waals surface area contributed by atoms with Gasteiger partial charge in [0.05, 0.1) is 11.2 Å². The minimum atomic E-state index is 0.0184.